The second-order valence-corrected chi connectivity index (χ2v) is 7.88. The first-order valence-electron chi connectivity index (χ1n) is 10.7. The number of carbonyl (C=O) groups excluding carboxylic acids is 2. The number of hydrogen-bond acceptors (Lipinski definition) is 8. The van der Waals surface area contributed by atoms with Gasteiger partial charge in [-0.05, 0) is 32.9 Å². The van der Waals surface area contributed by atoms with Gasteiger partial charge in [-0.15, -0.1) is 22.6 Å². The molecule has 2 atom stereocenters. The molecule has 1 aromatic rings. The largest absolute Gasteiger partial charge is 0.368 e. The smallest absolute Gasteiger partial charge is 0.276 e. The number of fused-ring (bicyclic) bond motifs is 1. The third kappa shape index (κ3) is 5.68. The van der Waals surface area contributed by atoms with E-state index in [0.717, 1.165) is 31.4 Å². The van der Waals surface area contributed by atoms with Gasteiger partial charge >= 0.3 is 0 Å². The molecule has 0 radical (unpaired) electrons. The Kier molecular flexibility index (Phi) is 8.29. The van der Waals surface area contributed by atoms with Gasteiger partial charge in [0.15, 0.2) is 11.6 Å². The van der Waals surface area contributed by atoms with Crippen LogP contribution in [0.4, 0.5) is 0 Å². The van der Waals surface area contributed by atoms with Gasteiger partial charge in [-0.2, -0.15) is 4.98 Å². The standard InChI is InChI=1S/C21H27N7O3.ClH/c1-28-13-4-8-16(28)20-24-18(31-27-20)10-9-17(29)22-11-5-12-23-19-14-6-2-3-7-15(14)21(30)26-25-19;/h2-3,6-7,15-16,23H,4-5,8-13H2,1H3,(H,22,29);1H. The van der Waals surface area contributed by atoms with Crippen molar-refractivity contribution >= 4 is 24.2 Å². The average molecular weight is 462 g/mol. The maximum Gasteiger partial charge on any atom is 0.276 e. The number of amides is 2. The Morgan fingerprint density at radius 1 is 1.28 bits per heavy atom. The molecule has 0 saturated carbocycles. The Bertz CT molecular complexity index is 953. The summed E-state index contributed by atoms with van der Waals surface area (Å²) in [5.41, 5.74) is 0.828. The summed E-state index contributed by atoms with van der Waals surface area (Å²) in [6, 6.07) is 0.215. The summed E-state index contributed by atoms with van der Waals surface area (Å²) in [6.07, 6.45) is 11.0. The number of aromatic nitrogens is 2. The van der Waals surface area contributed by atoms with E-state index in [9.17, 15) is 9.59 Å². The molecule has 2 unspecified atom stereocenters. The van der Waals surface area contributed by atoms with Crippen molar-refractivity contribution in [2.24, 2.45) is 16.1 Å². The van der Waals surface area contributed by atoms with E-state index in [-0.39, 0.29) is 36.2 Å². The molecule has 3 aliphatic rings. The number of azo groups is 1. The zero-order valence-electron chi connectivity index (χ0n) is 18.0. The van der Waals surface area contributed by atoms with Gasteiger partial charge < -0.3 is 15.2 Å². The maximum atomic E-state index is 12.1. The second-order valence-electron chi connectivity index (χ2n) is 7.88. The van der Waals surface area contributed by atoms with Crippen LogP contribution in [-0.4, -0.2) is 53.5 Å². The lowest BCUT2D eigenvalue weighted by molar-refractivity contribution is -0.121. The number of halogens is 1. The molecule has 3 heterocycles. The van der Waals surface area contributed by atoms with Crippen LogP contribution in [0.25, 0.3) is 0 Å². The molecule has 1 saturated heterocycles. The van der Waals surface area contributed by atoms with Crippen molar-refractivity contribution in [3.8, 4) is 0 Å². The molecule has 1 aromatic heterocycles. The highest BCUT2D eigenvalue weighted by atomic mass is 35.5. The van der Waals surface area contributed by atoms with Crippen LogP contribution in [0.3, 0.4) is 0 Å². The van der Waals surface area contributed by atoms with Gasteiger partial charge in [-0.3, -0.25) is 14.5 Å². The zero-order chi connectivity index (χ0) is 21.6. The first-order valence-corrected chi connectivity index (χ1v) is 10.7. The Labute approximate surface area is 192 Å². The normalized spacial score (nSPS) is 22.1. The third-order valence-corrected chi connectivity index (χ3v) is 5.65. The predicted octanol–water partition coefficient (Wildman–Crippen LogP) is 2.23. The van der Waals surface area contributed by atoms with Gasteiger partial charge in [-0.1, -0.05) is 29.5 Å². The van der Waals surface area contributed by atoms with Gasteiger partial charge in [0.2, 0.25) is 11.8 Å². The molecule has 2 amide bonds. The summed E-state index contributed by atoms with van der Waals surface area (Å²) in [5, 5.41) is 17.8. The highest BCUT2D eigenvalue weighted by molar-refractivity contribution is 5.86. The number of allylic oxidation sites excluding steroid dienone is 3. The Balaban J connectivity index is 0.00000289. The summed E-state index contributed by atoms with van der Waals surface area (Å²) < 4.78 is 5.30. The van der Waals surface area contributed by atoms with E-state index in [2.05, 4.69) is 43.0 Å². The van der Waals surface area contributed by atoms with Crippen LogP contribution < -0.4 is 10.6 Å². The van der Waals surface area contributed by atoms with Crippen LogP contribution in [0.15, 0.2) is 50.4 Å². The predicted molar refractivity (Wildman–Crippen MR) is 119 cm³/mol. The minimum Gasteiger partial charge on any atom is -0.368 e. The first-order chi connectivity index (χ1) is 15.1. The minimum atomic E-state index is -0.357. The van der Waals surface area contributed by atoms with E-state index >= 15 is 0 Å². The van der Waals surface area contributed by atoms with Gasteiger partial charge in [0.1, 0.15) is 0 Å². The number of nitrogens with one attached hydrogen (secondary N) is 2. The molecule has 0 spiro atoms. The van der Waals surface area contributed by atoms with Crippen molar-refractivity contribution in [2.75, 3.05) is 26.7 Å². The molecule has 1 fully saturated rings. The molecule has 0 bridgehead atoms. The summed E-state index contributed by atoms with van der Waals surface area (Å²) >= 11 is 0. The van der Waals surface area contributed by atoms with E-state index in [1.807, 2.05) is 24.3 Å². The summed E-state index contributed by atoms with van der Waals surface area (Å²) in [5.74, 6) is 1.16. The second kappa shape index (κ2) is 11.1. The van der Waals surface area contributed by atoms with E-state index in [4.69, 9.17) is 4.52 Å². The SMILES string of the molecule is CN1CCCC1c1noc(CCC(=O)NCCCNC2=C3C=CC=CC3C(=O)N=N2)n1.Cl. The number of aryl methyl sites for hydroxylation is 1. The van der Waals surface area contributed by atoms with Crippen LogP contribution in [-0.2, 0) is 16.0 Å². The lowest BCUT2D eigenvalue weighted by Gasteiger charge is -2.20. The van der Waals surface area contributed by atoms with Crippen molar-refractivity contribution in [1.29, 1.82) is 0 Å². The number of rotatable bonds is 9. The van der Waals surface area contributed by atoms with Gasteiger partial charge in [-0.25, -0.2) is 0 Å². The fourth-order valence-corrected chi connectivity index (χ4v) is 3.91. The lowest BCUT2D eigenvalue weighted by Crippen LogP contribution is -2.28. The molecule has 2 aliphatic heterocycles. The summed E-state index contributed by atoms with van der Waals surface area (Å²) in [4.78, 5) is 30.6. The van der Waals surface area contributed by atoms with Crippen LogP contribution in [0.1, 0.15) is 43.4 Å². The van der Waals surface area contributed by atoms with Crippen LogP contribution >= 0.6 is 12.4 Å². The average Bonchev–Trinajstić information content (AvgIpc) is 3.42. The van der Waals surface area contributed by atoms with Crippen LogP contribution in [0.5, 0.6) is 0 Å². The van der Waals surface area contributed by atoms with Gasteiger partial charge in [0, 0.05) is 31.5 Å². The Morgan fingerprint density at radius 2 is 2.16 bits per heavy atom. The monoisotopic (exact) mass is 461 g/mol. The molecule has 4 rings (SSSR count). The van der Waals surface area contributed by atoms with E-state index in [1.54, 1.807) is 0 Å². The Hall–Kier alpha value is -2.85. The number of hydrogen-bond donors (Lipinski definition) is 2. The quantitative estimate of drug-likeness (QED) is 0.540. The minimum absolute atomic E-state index is 0. The number of likely N-dealkylation sites (tertiary alicyclic amines) is 1. The van der Waals surface area contributed by atoms with Gasteiger partial charge in [0.05, 0.1) is 12.0 Å². The molecular formula is C21H28ClN7O3. The fourth-order valence-electron chi connectivity index (χ4n) is 3.91. The third-order valence-electron chi connectivity index (χ3n) is 5.65. The van der Waals surface area contributed by atoms with Crippen LogP contribution in [0, 0.1) is 5.92 Å². The topological polar surface area (TPSA) is 125 Å². The zero-order valence-corrected chi connectivity index (χ0v) is 18.8. The molecule has 0 aromatic carbocycles. The first kappa shape index (κ1) is 23.8. The van der Waals surface area contributed by atoms with Crippen molar-refractivity contribution in [1.82, 2.24) is 25.7 Å². The lowest BCUT2D eigenvalue weighted by atomic mass is 9.93. The highest BCUT2D eigenvalue weighted by Crippen LogP contribution is 2.28. The molecule has 10 nitrogen and oxygen atoms in total. The molecule has 2 N–H and O–H groups in total. The summed E-state index contributed by atoms with van der Waals surface area (Å²) in [6.45, 7) is 2.18. The molecule has 172 valence electrons. The summed E-state index contributed by atoms with van der Waals surface area (Å²) in [7, 11) is 2.06. The molecule has 11 heteroatoms. The van der Waals surface area contributed by atoms with Crippen molar-refractivity contribution in [3.05, 3.63) is 47.4 Å². The van der Waals surface area contributed by atoms with Crippen molar-refractivity contribution in [3.63, 3.8) is 0 Å². The van der Waals surface area contributed by atoms with Crippen LogP contribution in [0.2, 0.25) is 0 Å². The molecule has 1 aliphatic carbocycles. The van der Waals surface area contributed by atoms with E-state index in [1.165, 1.54) is 0 Å². The number of nitrogens with zero attached hydrogens (tertiary/aromatic N) is 5. The number of carbonyl (C=O) groups is 2. The maximum absolute atomic E-state index is 12.1. The fraction of sp³-hybridized carbons (Fsp3) is 0.524. The van der Waals surface area contributed by atoms with Crippen molar-refractivity contribution < 1.29 is 14.1 Å². The molecular weight excluding hydrogens is 434 g/mol. The van der Waals surface area contributed by atoms with Crippen molar-refractivity contribution in [2.45, 2.75) is 38.1 Å². The highest BCUT2D eigenvalue weighted by Gasteiger charge is 2.28. The van der Waals surface area contributed by atoms with Gasteiger partial charge in [0.25, 0.3) is 5.91 Å². The molecule has 32 heavy (non-hydrogen) atoms. The van der Waals surface area contributed by atoms with E-state index in [0.29, 0.717) is 43.5 Å². The van der Waals surface area contributed by atoms with E-state index < -0.39 is 0 Å². The Morgan fingerprint density at radius 3 is 2.97 bits per heavy atom.